The van der Waals surface area contributed by atoms with Gasteiger partial charge in [-0.3, -0.25) is 4.79 Å². The number of anilines is 1. The maximum absolute atomic E-state index is 12.7. The highest BCUT2D eigenvalue weighted by atomic mass is 35.5. The number of thioether (sulfide) groups is 1. The molecule has 3 aromatic rings. The van der Waals surface area contributed by atoms with Gasteiger partial charge in [0.25, 0.3) is 0 Å². The lowest BCUT2D eigenvalue weighted by Gasteiger charge is -2.15. The Morgan fingerprint density at radius 3 is 2.83 bits per heavy atom. The topological polar surface area (TPSA) is 92.8 Å². The van der Waals surface area contributed by atoms with E-state index in [4.69, 9.17) is 16.3 Å². The molecule has 1 aliphatic carbocycles. The Kier molecular flexibility index (Phi) is 8.37. The van der Waals surface area contributed by atoms with Crippen LogP contribution in [0, 0.1) is 18.3 Å². The molecule has 35 heavy (non-hydrogen) atoms. The zero-order chi connectivity index (χ0) is 24.9. The van der Waals surface area contributed by atoms with Gasteiger partial charge in [0.15, 0.2) is 17.1 Å². The molecule has 1 aromatic carbocycles. The van der Waals surface area contributed by atoms with E-state index in [-0.39, 0.29) is 17.8 Å². The number of carbonyl (C=O) groups excluding carboxylic acids is 1. The van der Waals surface area contributed by atoms with Gasteiger partial charge < -0.3 is 14.6 Å². The molecule has 1 amide bonds. The van der Waals surface area contributed by atoms with Crippen LogP contribution in [-0.2, 0) is 24.7 Å². The van der Waals surface area contributed by atoms with Crippen molar-refractivity contribution in [3.05, 3.63) is 50.6 Å². The maximum Gasteiger partial charge on any atom is 0.235 e. The Bertz CT molecular complexity index is 1260. The summed E-state index contributed by atoms with van der Waals surface area (Å²) in [6.07, 6.45) is 6.21. The highest BCUT2D eigenvalue weighted by Crippen LogP contribution is 2.36. The summed E-state index contributed by atoms with van der Waals surface area (Å²) in [5, 5.41) is 23.2. The third-order valence-electron chi connectivity index (χ3n) is 6.04. The number of thiophene rings is 1. The summed E-state index contributed by atoms with van der Waals surface area (Å²) in [6.45, 7) is 3.83. The van der Waals surface area contributed by atoms with Crippen molar-refractivity contribution in [2.75, 3.05) is 11.1 Å². The fourth-order valence-electron chi connectivity index (χ4n) is 4.17. The van der Waals surface area contributed by atoms with Crippen LogP contribution in [0.2, 0.25) is 5.02 Å². The Morgan fingerprint density at radius 1 is 1.31 bits per heavy atom. The van der Waals surface area contributed by atoms with Gasteiger partial charge >= 0.3 is 0 Å². The molecule has 184 valence electrons. The molecule has 1 aliphatic rings. The fraction of sp³-hybridized carbons (Fsp3) is 0.440. The molecule has 1 atom stereocenters. The number of halogens is 1. The lowest BCUT2D eigenvalue weighted by molar-refractivity contribution is -0.113. The molecule has 0 spiro atoms. The number of benzene rings is 1. The van der Waals surface area contributed by atoms with Crippen LogP contribution in [0.15, 0.2) is 23.4 Å². The van der Waals surface area contributed by atoms with Crippen molar-refractivity contribution >= 4 is 45.6 Å². The first-order chi connectivity index (χ1) is 16.9. The number of ether oxygens (including phenoxy) is 1. The highest BCUT2D eigenvalue weighted by molar-refractivity contribution is 7.99. The quantitative estimate of drug-likeness (QED) is 0.364. The number of carbonyl (C=O) groups is 1. The van der Waals surface area contributed by atoms with Crippen molar-refractivity contribution in [3.63, 3.8) is 0 Å². The molecule has 0 saturated heterocycles. The van der Waals surface area contributed by atoms with Gasteiger partial charge in [-0.2, -0.15) is 5.26 Å². The molecule has 1 unspecified atom stereocenters. The van der Waals surface area contributed by atoms with Gasteiger partial charge in [0.2, 0.25) is 5.91 Å². The molecule has 2 heterocycles. The summed E-state index contributed by atoms with van der Waals surface area (Å²) in [5.41, 5.74) is 2.70. The summed E-state index contributed by atoms with van der Waals surface area (Å²) >= 11 is 8.95. The molecular weight excluding hydrogens is 502 g/mol. The predicted octanol–water partition coefficient (Wildman–Crippen LogP) is 6.24. The van der Waals surface area contributed by atoms with Crippen LogP contribution in [0.4, 0.5) is 5.00 Å². The van der Waals surface area contributed by atoms with Gasteiger partial charge in [-0.1, -0.05) is 36.2 Å². The van der Waals surface area contributed by atoms with E-state index in [0.717, 1.165) is 36.8 Å². The minimum absolute atomic E-state index is 0.161. The summed E-state index contributed by atoms with van der Waals surface area (Å²) in [4.78, 5) is 14.0. The Morgan fingerprint density at radius 2 is 2.09 bits per heavy atom. The van der Waals surface area contributed by atoms with E-state index in [1.807, 2.05) is 37.6 Å². The summed E-state index contributed by atoms with van der Waals surface area (Å²) in [7, 11) is 1.86. The van der Waals surface area contributed by atoms with Crippen molar-refractivity contribution in [1.29, 1.82) is 5.26 Å². The first-order valence-corrected chi connectivity index (χ1v) is 13.8. The van der Waals surface area contributed by atoms with Gasteiger partial charge in [0.05, 0.1) is 11.3 Å². The molecule has 7 nitrogen and oxygen atoms in total. The summed E-state index contributed by atoms with van der Waals surface area (Å²) in [6, 6.07) is 7.84. The SMILES string of the molecule is Cc1cc(OC(C)c2nnc(SCC(=O)Nc3sc4c(c3C#N)CCCCCC4)n2C)ccc1Cl. The monoisotopic (exact) mass is 529 g/mol. The number of amides is 1. The van der Waals surface area contributed by atoms with Crippen LogP contribution in [0.1, 0.15) is 66.1 Å². The van der Waals surface area contributed by atoms with E-state index >= 15 is 0 Å². The minimum Gasteiger partial charge on any atom is -0.483 e. The molecule has 4 rings (SSSR count). The van der Waals surface area contributed by atoms with Crippen LogP contribution in [0.25, 0.3) is 0 Å². The minimum atomic E-state index is -0.333. The zero-order valence-corrected chi connectivity index (χ0v) is 22.4. The van der Waals surface area contributed by atoms with E-state index in [9.17, 15) is 10.1 Å². The van der Waals surface area contributed by atoms with Crippen LogP contribution in [0.3, 0.4) is 0 Å². The summed E-state index contributed by atoms with van der Waals surface area (Å²) < 4.78 is 7.85. The standard InChI is InChI=1S/C25H28ClN5O2S2/c1-15-12-17(10-11-20(15)26)33-16(2)23-29-30-25(31(23)3)34-14-22(32)28-24-19(13-27)18-8-6-4-5-7-9-21(18)35-24/h10-12,16H,4-9,14H2,1-3H3,(H,28,32). The molecule has 0 radical (unpaired) electrons. The summed E-state index contributed by atoms with van der Waals surface area (Å²) in [5.74, 6) is 1.37. The second-order valence-corrected chi connectivity index (χ2v) is 11.1. The number of aromatic nitrogens is 3. The van der Waals surface area contributed by atoms with Crippen LogP contribution < -0.4 is 10.1 Å². The highest BCUT2D eigenvalue weighted by Gasteiger charge is 2.22. The zero-order valence-electron chi connectivity index (χ0n) is 20.1. The van der Waals surface area contributed by atoms with E-state index in [2.05, 4.69) is 21.6 Å². The molecule has 2 aromatic heterocycles. The number of rotatable bonds is 7. The van der Waals surface area contributed by atoms with Crippen LogP contribution in [-0.4, -0.2) is 26.4 Å². The second-order valence-electron chi connectivity index (χ2n) is 8.64. The third kappa shape index (κ3) is 6.00. The molecule has 1 N–H and O–H groups in total. The number of nitriles is 1. The largest absolute Gasteiger partial charge is 0.483 e. The number of aryl methyl sites for hydroxylation is 2. The first kappa shape index (κ1) is 25.5. The average molecular weight is 530 g/mol. The first-order valence-electron chi connectivity index (χ1n) is 11.7. The van der Waals surface area contributed by atoms with E-state index < -0.39 is 0 Å². The second kappa shape index (κ2) is 11.5. The Hall–Kier alpha value is -2.54. The van der Waals surface area contributed by atoms with Crippen molar-refractivity contribution in [2.24, 2.45) is 7.05 Å². The van der Waals surface area contributed by atoms with Crippen molar-refractivity contribution in [3.8, 4) is 11.8 Å². The van der Waals surface area contributed by atoms with Gasteiger partial charge in [0.1, 0.15) is 16.8 Å². The molecule has 0 aliphatic heterocycles. The van der Waals surface area contributed by atoms with Gasteiger partial charge in [-0.05, 0) is 68.9 Å². The molecule has 0 bridgehead atoms. The number of hydrogen-bond donors (Lipinski definition) is 1. The van der Waals surface area contributed by atoms with E-state index in [1.165, 1.54) is 29.5 Å². The van der Waals surface area contributed by atoms with Gasteiger partial charge in [0, 0.05) is 16.9 Å². The van der Waals surface area contributed by atoms with E-state index in [1.54, 1.807) is 17.4 Å². The number of hydrogen-bond acceptors (Lipinski definition) is 7. The van der Waals surface area contributed by atoms with Crippen LogP contribution in [0.5, 0.6) is 5.75 Å². The lowest BCUT2D eigenvalue weighted by Crippen LogP contribution is -2.15. The predicted molar refractivity (Wildman–Crippen MR) is 140 cm³/mol. The molecule has 0 fully saturated rings. The molecule has 10 heteroatoms. The smallest absolute Gasteiger partial charge is 0.235 e. The van der Waals surface area contributed by atoms with Gasteiger partial charge in [-0.25, -0.2) is 0 Å². The number of nitrogens with zero attached hydrogens (tertiary/aromatic N) is 4. The Balaban J connectivity index is 1.38. The third-order valence-corrected chi connectivity index (χ3v) is 8.69. The Labute approximate surface area is 218 Å². The fourth-order valence-corrected chi connectivity index (χ4v) is 6.26. The van der Waals surface area contributed by atoms with Crippen LogP contribution >= 0.6 is 34.7 Å². The van der Waals surface area contributed by atoms with Crippen molar-refractivity contribution in [1.82, 2.24) is 14.8 Å². The van der Waals surface area contributed by atoms with Crippen molar-refractivity contribution in [2.45, 2.75) is 63.6 Å². The number of fused-ring (bicyclic) bond motifs is 1. The average Bonchev–Trinajstić information content (AvgIpc) is 3.33. The maximum atomic E-state index is 12.7. The van der Waals surface area contributed by atoms with E-state index in [0.29, 0.717) is 32.3 Å². The number of nitrogens with one attached hydrogen (secondary N) is 1. The molecule has 0 saturated carbocycles. The van der Waals surface area contributed by atoms with Crippen molar-refractivity contribution < 1.29 is 9.53 Å². The molecular formula is C25H28ClN5O2S2. The normalized spacial score (nSPS) is 14.4. The lowest BCUT2D eigenvalue weighted by atomic mass is 9.97. The van der Waals surface area contributed by atoms with Gasteiger partial charge in [-0.15, -0.1) is 21.5 Å².